The van der Waals surface area contributed by atoms with E-state index < -0.39 is 5.82 Å². The fourth-order valence-corrected chi connectivity index (χ4v) is 4.00. The number of urea groups is 1. The van der Waals surface area contributed by atoms with Crippen molar-refractivity contribution < 1.29 is 14.0 Å². The highest BCUT2D eigenvalue weighted by molar-refractivity contribution is 6.30. The number of anilines is 2. The number of nitrogens with zero attached hydrogens (tertiary/aromatic N) is 1. The van der Waals surface area contributed by atoms with Gasteiger partial charge in [-0.3, -0.25) is 4.79 Å². The van der Waals surface area contributed by atoms with Crippen LogP contribution in [0.15, 0.2) is 72.8 Å². The Bertz CT molecular complexity index is 1120. The van der Waals surface area contributed by atoms with Gasteiger partial charge in [-0.2, -0.15) is 0 Å². The van der Waals surface area contributed by atoms with Gasteiger partial charge in [0, 0.05) is 41.0 Å². The van der Waals surface area contributed by atoms with Crippen LogP contribution in [0, 0.1) is 5.82 Å². The number of benzene rings is 3. The van der Waals surface area contributed by atoms with Gasteiger partial charge < -0.3 is 15.5 Å². The maximum Gasteiger partial charge on any atom is 0.321 e. The number of amides is 3. The highest BCUT2D eigenvalue weighted by Gasteiger charge is 2.25. The second-order valence-corrected chi connectivity index (χ2v) is 8.25. The average molecular weight is 452 g/mol. The van der Waals surface area contributed by atoms with Gasteiger partial charge in [-0.25, -0.2) is 9.18 Å². The summed E-state index contributed by atoms with van der Waals surface area (Å²) >= 11 is 5.90. The van der Waals surface area contributed by atoms with Crippen LogP contribution in [0.2, 0.25) is 5.02 Å². The lowest BCUT2D eigenvalue weighted by atomic mass is 9.89. The van der Waals surface area contributed by atoms with Crippen molar-refractivity contribution in [1.82, 2.24) is 4.90 Å². The molecule has 4 rings (SSSR count). The molecular weight excluding hydrogens is 429 g/mol. The molecule has 0 spiro atoms. The molecule has 0 radical (unpaired) electrons. The first-order valence-electron chi connectivity index (χ1n) is 10.5. The number of piperidine rings is 1. The Kier molecular flexibility index (Phi) is 6.71. The summed E-state index contributed by atoms with van der Waals surface area (Å²) in [4.78, 5) is 27.2. The molecule has 1 fully saturated rings. The Balaban J connectivity index is 1.42. The summed E-state index contributed by atoms with van der Waals surface area (Å²) in [6.45, 7) is 1.24. The molecule has 2 N–H and O–H groups in total. The molecule has 0 aliphatic carbocycles. The summed E-state index contributed by atoms with van der Waals surface area (Å²) in [5.74, 6) is -0.581. The number of halogens is 2. The van der Waals surface area contributed by atoms with Gasteiger partial charge in [0.05, 0.1) is 0 Å². The van der Waals surface area contributed by atoms with E-state index in [2.05, 4.69) is 10.6 Å². The molecule has 5 nitrogen and oxygen atoms in total. The Morgan fingerprint density at radius 2 is 1.72 bits per heavy atom. The van der Waals surface area contributed by atoms with Crippen molar-refractivity contribution in [2.45, 2.75) is 18.8 Å². The summed E-state index contributed by atoms with van der Waals surface area (Å²) in [6.07, 6.45) is 1.80. The Hall–Kier alpha value is -3.38. The van der Waals surface area contributed by atoms with Gasteiger partial charge in [0.15, 0.2) is 0 Å². The van der Waals surface area contributed by atoms with Crippen molar-refractivity contribution in [1.29, 1.82) is 0 Å². The number of hydrogen-bond donors (Lipinski definition) is 2. The lowest BCUT2D eigenvalue weighted by molar-refractivity contribution is 0.102. The van der Waals surface area contributed by atoms with E-state index in [1.54, 1.807) is 47.4 Å². The molecule has 1 saturated heterocycles. The summed E-state index contributed by atoms with van der Waals surface area (Å²) < 4.78 is 13.4. The minimum atomic E-state index is -0.407. The predicted molar refractivity (Wildman–Crippen MR) is 125 cm³/mol. The minimum absolute atomic E-state index is 0.127. The highest BCUT2D eigenvalue weighted by Crippen LogP contribution is 2.28. The SMILES string of the molecule is O=C(Nc1cccc(F)c1)c1cccc([C@@H]2CCCN(C(=O)Nc3ccc(Cl)cc3)C2)c1. The molecular formula is C25H23ClFN3O2. The maximum absolute atomic E-state index is 13.4. The number of carbonyl (C=O) groups excluding carboxylic acids is 2. The average Bonchev–Trinajstić information content (AvgIpc) is 2.81. The van der Waals surface area contributed by atoms with Gasteiger partial charge in [-0.1, -0.05) is 29.8 Å². The van der Waals surface area contributed by atoms with Crippen molar-refractivity contribution in [3.8, 4) is 0 Å². The number of likely N-dealkylation sites (tertiary alicyclic amines) is 1. The van der Waals surface area contributed by atoms with Crippen molar-refractivity contribution in [3.63, 3.8) is 0 Å². The maximum atomic E-state index is 13.4. The molecule has 3 aromatic carbocycles. The highest BCUT2D eigenvalue weighted by atomic mass is 35.5. The first kappa shape index (κ1) is 21.8. The minimum Gasteiger partial charge on any atom is -0.324 e. The van der Waals surface area contributed by atoms with E-state index in [4.69, 9.17) is 11.6 Å². The van der Waals surface area contributed by atoms with Crippen LogP contribution >= 0.6 is 11.6 Å². The molecule has 0 aromatic heterocycles. The van der Waals surface area contributed by atoms with Gasteiger partial charge in [0.1, 0.15) is 5.82 Å². The second-order valence-electron chi connectivity index (χ2n) is 7.81. The van der Waals surface area contributed by atoms with Gasteiger partial charge in [-0.15, -0.1) is 0 Å². The number of hydrogen-bond acceptors (Lipinski definition) is 2. The molecule has 32 heavy (non-hydrogen) atoms. The van der Waals surface area contributed by atoms with E-state index in [0.717, 1.165) is 18.4 Å². The number of nitrogens with one attached hydrogen (secondary N) is 2. The molecule has 3 aromatic rings. The summed E-state index contributed by atoms with van der Waals surface area (Å²) in [5.41, 5.74) is 2.59. The van der Waals surface area contributed by atoms with Crippen LogP contribution in [0.25, 0.3) is 0 Å². The lowest BCUT2D eigenvalue weighted by Crippen LogP contribution is -2.41. The molecule has 7 heteroatoms. The molecule has 0 unspecified atom stereocenters. The van der Waals surface area contributed by atoms with Crippen molar-refractivity contribution in [3.05, 3.63) is 94.8 Å². The molecule has 1 heterocycles. The Morgan fingerprint density at radius 1 is 0.938 bits per heavy atom. The van der Waals surface area contributed by atoms with E-state index in [0.29, 0.717) is 35.1 Å². The molecule has 3 amide bonds. The van der Waals surface area contributed by atoms with Gasteiger partial charge in [0.2, 0.25) is 0 Å². The second kappa shape index (κ2) is 9.83. The Morgan fingerprint density at radius 3 is 2.50 bits per heavy atom. The zero-order valence-electron chi connectivity index (χ0n) is 17.4. The molecule has 1 aliphatic heterocycles. The summed E-state index contributed by atoms with van der Waals surface area (Å²) in [6, 6.07) is 20.0. The number of carbonyl (C=O) groups is 2. The van der Waals surface area contributed by atoms with Crippen LogP contribution in [0.3, 0.4) is 0 Å². The monoisotopic (exact) mass is 451 g/mol. The molecule has 1 atom stereocenters. The molecule has 164 valence electrons. The van der Waals surface area contributed by atoms with Gasteiger partial charge in [-0.05, 0) is 73.0 Å². The van der Waals surface area contributed by atoms with Crippen LogP contribution < -0.4 is 10.6 Å². The van der Waals surface area contributed by atoms with E-state index in [-0.39, 0.29) is 17.9 Å². The van der Waals surface area contributed by atoms with E-state index in [1.165, 1.54) is 12.1 Å². The third kappa shape index (κ3) is 5.45. The first-order valence-corrected chi connectivity index (χ1v) is 10.8. The fourth-order valence-electron chi connectivity index (χ4n) is 3.87. The summed E-state index contributed by atoms with van der Waals surface area (Å²) in [7, 11) is 0. The summed E-state index contributed by atoms with van der Waals surface area (Å²) in [5, 5.41) is 6.24. The largest absolute Gasteiger partial charge is 0.324 e. The fraction of sp³-hybridized carbons (Fsp3) is 0.200. The molecule has 1 aliphatic rings. The van der Waals surface area contributed by atoms with Crippen LogP contribution in [-0.2, 0) is 0 Å². The predicted octanol–water partition coefficient (Wildman–Crippen LogP) is 6.14. The zero-order chi connectivity index (χ0) is 22.5. The van der Waals surface area contributed by atoms with Gasteiger partial charge >= 0.3 is 6.03 Å². The number of rotatable bonds is 4. The normalized spacial score (nSPS) is 15.8. The van der Waals surface area contributed by atoms with Crippen LogP contribution in [0.5, 0.6) is 0 Å². The quantitative estimate of drug-likeness (QED) is 0.500. The topological polar surface area (TPSA) is 61.4 Å². The molecule has 0 bridgehead atoms. The van der Waals surface area contributed by atoms with E-state index in [9.17, 15) is 14.0 Å². The zero-order valence-corrected chi connectivity index (χ0v) is 18.1. The van der Waals surface area contributed by atoms with Gasteiger partial charge in [0.25, 0.3) is 5.91 Å². The van der Waals surface area contributed by atoms with Crippen molar-refractivity contribution in [2.24, 2.45) is 0 Å². The standard InChI is InChI=1S/C25H23ClFN3O2/c26-20-9-11-22(12-10-20)29-25(32)30-13-3-6-19(16-30)17-4-1-5-18(14-17)24(31)28-23-8-2-7-21(27)15-23/h1-2,4-5,7-12,14-15,19H,3,6,13,16H2,(H,28,31)(H,29,32)/t19-/m1/s1. The third-order valence-electron chi connectivity index (χ3n) is 5.51. The van der Waals surface area contributed by atoms with Crippen LogP contribution in [0.1, 0.15) is 34.7 Å². The van der Waals surface area contributed by atoms with Crippen molar-refractivity contribution >= 4 is 34.9 Å². The smallest absolute Gasteiger partial charge is 0.321 e. The third-order valence-corrected chi connectivity index (χ3v) is 5.76. The first-order chi connectivity index (χ1) is 15.5. The van der Waals surface area contributed by atoms with E-state index >= 15 is 0 Å². The lowest BCUT2D eigenvalue weighted by Gasteiger charge is -2.33. The van der Waals surface area contributed by atoms with Crippen LogP contribution in [0.4, 0.5) is 20.6 Å². The molecule has 0 saturated carbocycles. The van der Waals surface area contributed by atoms with Crippen LogP contribution in [-0.4, -0.2) is 29.9 Å². The van der Waals surface area contributed by atoms with E-state index in [1.807, 2.05) is 18.2 Å². The Labute approximate surface area is 191 Å². The van der Waals surface area contributed by atoms with Crippen molar-refractivity contribution in [2.75, 3.05) is 23.7 Å².